The zero-order chi connectivity index (χ0) is 57.1. The minimum atomic E-state index is -0.774. The highest BCUT2D eigenvalue weighted by atomic mass is 16.6. The van der Waals surface area contributed by atoms with Crippen molar-refractivity contribution in [2.75, 3.05) is 13.2 Å². The summed E-state index contributed by atoms with van der Waals surface area (Å²) >= 11 is 0. The molecule has 6 nitrogen and oxygen atoms in total. The summed E-state index contributed by atoms with van der Waals surface area (Å²) in [5, 5.41) is 0. The molecule has 79 heavy (non-hydrogen) atoms. The molecule has 0 aliphatic rings. The molecule has 464 valence electrons. The molecule has 0 bridgehead atoms. The lowest BCUT2D eigenvalue weighted by Crippen LogP contribution is -2.30. The van der Waals surface area contributed by atoms with E-state index in [1.54, 1.807) is 0 Å². The van der Waals surface area contributed by atoms with Gasteiger partial charge >= 0.3 is 17.9 Å². The fraction of sp³-hybridized carbons (Fsp3) is 0.877. The molecule has 6 heteroatoms. The molecule has 0 aromatic rings. The van der Waals surface area contributed by atoms with Crippen LogP contribution in [0.25, 0.3) is 0 Å². The normalized spacial score (nSPS) is 12.2. The molecule has 1 atom stereocenters. The monoisotopic (exact) mass is 1110 g/mol. The van der Waals surface area contributed by atoms with Crippen molar-refractivity contribution >= 4 is 17.9 Å². The first-order valence-electron chi connectivity index (χ1n) is 35.5. The quantitative estimate of drug-likeness (QED) is 0.0261. The standard InChI is InChI=1S/C73H136O6/c1-4-7-10-13-16-19-22-25-28-30-32-34-36-37-38-40-41-43-45-48-51-54-57-60-63-66-72(75)78-69-70(68-77-71(74)65-62-59-56-53-50-47-27-24-21-18-15-12-9-6-3)79-73(76)67-64-61-58-55-52-49-46-44-42-39-35-33-31-29-26-23-20-17-14-11-8-5-2/h22,24-25,27,30,32,70H,4-21,23,26,28-29,31,33-69H2,1-3H3/b25-22-,27-24-,32-30-. The van der Waals surface area contributed by atoms with Gasteiger partial charge in [-0.25, -0.2) is 0 Å². The van der Waals surface area contributed by atoms with Crippen LogP contribution in [0.2, 0.25) is 0 Å². The number of carbonyl (C=O) groups is 3. The molecule has 0 amide bonds. The van der Waals surface area contributed by atoms with Crippen molar-refractivity contribution in [3.8, 4) is 0 Å². The number of ether oxygens (including phenoxy) is 3. The second-order valence-electron chi connectivity index (χ2n) is 24.1. The topological polar surface area (TPSA) is 78.9 Å². The lowest BCUT2D eigenvalue weighted by Gasteiger charge is -2.18. The first-order chi connectivity index (χ1) is 39.0. The SMILES string of the molecule is CCCCCCC/C=C\C/C=C\CCCCCCCCCCCCCCCC(=O)OCC(COC(=O)CCCCCCC/C=C\CCCCCCC)OC(=O)CCCCCCCCCCCCCCCCCCCCCCCC. The molecule has 0 rings (SSSR count). The molecule has 0 aliphatic carbocycles. The summed E-state index contributed by atoms with van der Waals surface area (Å²) in [7, 11) is 0. The third kappa shape index (κ3) is 66.3. The van der Waals surface area contributed by atoms with Gasteiger partial charge in [0.05, 0.1) is 0 Å². The van der Waals surface area contributed by atoms with Gasteiger partial charge in [0.15, 0.2) is 6.10 Å². The zero-order valence-corrected chi connectivity index (χ0v) is 53.4. The Morgan fingerprint density at radius 3 is 0.709 bits per heavy atom. The van der Waals surface area contributed by atoms with Crippen LogP contribution in [-0.2, 0) is 28.6 Å². The molecule has 0 N–H and O–H groups in total. The van der Waals surface area contributed by atoms with Gasteiger partial charge in [-0.3, -0.25) is 14.4 Å². The van der Waals surface area contributed by atoms with Crippen molar-refractivity contribution in [2.45, 2.75) is 399 Å². The van der Waals surface area contributed by atoms with Gasteiger partial charge in [0.25, 0.3) is 0 Å². The van der Waals surface area contributed by atoms with Gasteiger partial charge in [0, 0.05) is 19.3 Å². The molecule has 0 radical (unpaired) electrons. The van der Waals surface area contributed by atoms with E-state index in [1.807, 2.05) is 0 Å². The highest BCUT2D eigenvalue weighted by molar-refractivity contribution is 5.71. The minimum absolute atomic E-state index is 0.0701. The summed E-state index contributed by atoms with van der Waals surface area (Å²) in [5.74, 6) is -0.850. The van der Waals surface area contributed by atoms with Crippen LogP contribution in [0.15, 0.2) is 36.5 Å². The second-order valence-corrected chi connectivity index (χ2v) is 24.1. The summed E-state index contributed by atoms with van der Waals surface area (Å²) in [4.78, 5) is 38.4. The van der Waals surface area contributed by atoms with Crippen LogP contribution in [0.5, 0.6) is 0 Å². The van der Waals surface area contributed by atoms with Crippen molar-refractivity contribution < 1.29 is 28.6 Å². The Balaban J connectivity index is 4.25. The van der Waals surface area contributed by atoms with Crippen LogP contribution in [0.1, 0.15) is 393 Å². The predicted molar refractivity (Wildman–Crippen MR) is 344 cm³/mol. The number of hydrogen-bond acceptors (Lipinski definition) is 6. The molecule has 0 aliphatic heterocycles. The van der Waals surface area contributed by atoms with Gasteiger partial charge in [0.2, 0.25) is 0 Å². The van der Waals surface area contributed by atoms with E-state index in [0.717, 1.165) is 70.6 Å². The largest absolute Gasteiger partial charge is 0.462 e. The lowest BCUT2D eigenvalue weighted by atomic mass is 10.0. The maximum atomic E-state index is 13.0. The molecule has 0 saturated heterocycles. The van der Waals surface area contributed by atoms with E-state index in [4.69, 9.17) is 14.2 Å². The van der Waals surface area contributed by atoms with Crippen LogP contribution in [0.4, 0.5) is 0 Å². The Morgan fingerprint density at radius 1 is 0.253 bits per heavy atom. The third-order valence-corrected chi connectivity index (χ3v) is 16.1. The van der Waals surface area contributed by atoms with E-state index in [1.165, 1.54) is 283 Å². The van der Waals surface area contributed by atoms with Gasteiger partial charge in [-0.1, -0.05) is 333 Å². The molecule has 0 saturated carbocycles. The van der Waals surface area contributed by atoms with Gasteiger partial charge in [-0.05, 0) is 77.0 Å². The Bertz CT molecular complexity index is 1320. The highest BCUT2D eigenvalue weighted by Gasteiger charge is 2.19. The Hall–Kier alpha value is -2.37. The molecular formula is C73H136O6. The number of allylic oxidation sites excluding steroid dienone is 6. The number of unbranched alkanes of at least 4 members (excludes halogenated alkanes) is 49. The van der Waals surface area contributed by atoms with Crippen LogP contribution in [0.3, 0.4) is 0 Å². The van der Waals surface area contributed by atoms with E-state index < -0.39 is 6.10 Å². The fourth-order valence-electron chi connectivity index (χ4n) is 10.8. The zero-order valence-electron chi connectivity index (χ0n) is 53.4. The van der Waals surface area contributed by atoms with E-state index in [0.29, 0.717) is 19.3 Å². The summed E-state index contributed by atoms with van der Waals surface area (Å²) in [5.41, 5.74) is 0. The summed E-state index contributed by atoms with van der Waals surface area (Å²) in [6.07, 6.45) is 84.6. The molecular weight excluding hydrogens is 973 g/mol. The smallest absolute Gasteiger partial charge is 0.306 e. The molecule has 0 spiro atoms. The maximum absolute atomic E-state index is 13.0. The summed E-state index contributed by atoms with van der Waals surface area (Å²) in [6, 6.07) is 0. The highest BCUT2D eigenvalue weighted by Crippen LogP contribution is 2.18. The first kappa shape index (κ1) is 76.6. The van der Waals surface area contributed by atoms with Crippen molar-refractivity contribution in [3.63, 3.8) is 0 Å². The average Bonchev–Trinajstić information content (AvgIpc) is 3.45. The van der Waals surface area contributed by atoms with Crippen LogP contribution in [0, 0.1) is 0 Å². The second kappa shape index (κ2) is 68.1. The summed E-state index contributed by atoms with van der Waals surface area (Å²) in [6.45, 7) is 6.69. The predicted octanol–water partition coefficient (Wildman–Crippen LogP) is 24.3. The summed E-state index contributed by atoms with van der Waals surface area (Å²) < 4.78 is 17.0. The third-order valence-electron chi connectivity index (χ3n) is 16.1. The average molecular weight is 1110 g/mol. The molecule has 0 aromatic carbocycles. The Labute approximate surface area is 493 Å². The minimum Gasteiger partial charge on any atom is -0.462 e. The lowest BCUT2D eigenvalue weighted by molar-refractivity contribution is -0.167. The van der Waals surface area contributed by atoms with Crippen LogP contribution in [-0.4, -0.2) is 37.2 Å². The van der Waals surface area contributed by atoms with Gasteiger partial charge in [-0.2, -0.15) is 0 Å². The number of hydrogen-bond donors (Lipinski definition) is 0. The van der Waals surface area contributed by atoms with Crippen LogP contribution < -0.4 is 0 Å². The first-order valence-corrected chi connectivity index (χ1v) is 35.5. The van der Waals surface area contributed by atoms with Crippen molar-refractivity contribution in [3.05, 3.63) is 36.5 Å². The van der Waals surface area contributed by atoms with Gasteiger partial charge in [0.1, 0.15) is 13.2 Å². The van der Waals surface area contributed by atoms with E-state index in [9.17, 15) is 14.4 Å². The molecule has 0 heterocycles. The van der Waals surface area contributed by atoms with Gasteiger partial charge < -0.3 is 14.2 Å². The number of carbonyl (C=O) groups excluding carboxylic acids is 3. The molecule has 0 aromatic heterocycles. The Kier molecular flexibility index (Phi) is 66.1. The van der Waals surface area contributed by atoms with Crippen molar-refractivity contribution in [1.82, 2.24) is 0 Å². The Morgan fingerprint density at radius 2 is 0.456 bits per heavy atom. The van der Waals surface area contributed by atoms with E-state index >= 15 is 0 Å². The van der Waals surface area contributed by atoms with Crippen LogP contribution >= 0.6 is 0 Å². The molecule has 1 unspecified atom stereocenters. The van der Waals surface area contributed by atoms with E-state index in [2.05, 4.69) is 57.2 Å². The van der Waals surface area contributed by atoms with E-state index in [-0.39, 0.29) is 31.1 Å². The molecule has 0 fully saturated rings. The van der Waals surface area contributed by atoms with Crippen molar-refractivity contribution in [2.24, 2.45) is 0 Å². The fourth-order valence-corrected chi connectivity index (χ4v) is 10.8. The van der Waals surface area contributed by atoms with Crippen molar-refractivity contribution in [1.29, 1.82) is 0 Å². The number of esters is 3. The number of rotatable bonds is 66. The maximum Gasteiger partial charge on any atom is 0.306 e. The van der Waals surface area contributed by atoms with Gasteiger partial charge in [-0.15, -0.1) is 0 Å².